The number of carbonyl (C=O) groups is 2. The van der Waals surface area contributed by atoms with E-state index in [9.17, 15) is 14.7 Å². The summed E-state index contributed by atoms with van der Waals surface area (Å²) in [5.74, 6) is -1.50. The van der Waals surface area contributed by atoms with Crippen LogP contribution < -0.4 is 5.32 Å². The highest BCUT2D eigenvalue weighted by molar-refractivity contribution is 6.34. The topological polar surface area (TPSA) is 75.6 Å². The highest BCUT2D eigenvalue weighted by Crippen LogP contribution is 2.20. The summed E-state index contributed by atoms with van der Waals surface area (Å²) in [5, 5.41) is 12.7. The second-order valence-electron chi connectivity index (χ2n) is 5.24. The van der Waals surface area contributed by atoms with Gasteiger partial charge in [-0.3, -0.25) is 4.79 Å². The van der Waals surface area contributed by atoms with Crippen LogP contribution in [0.15, 0.2) is 18.2 Å². The number of halogens is 2. The van der Waals surface area contributed by atoms with Gasteiger partial charge in [-0.05, 0) is 43.0 Å². The van der Waals surface area contributed by atoms with Crippen molar-refractivity contribution < 1.29 is 19.4 Å². The van der Waals surface area contributed by atoms with Gasteiger partial charge in [-0.2, -0.15) is 0 Å². The molecule has 22 heavy (non-hydrogen) atoms. The van der Waals surface area contributed by atoms with Crippen LogP contribution in [0.5, 0.6) is 0 Å². The third-order valence-corrected chi connectivity index (χ3v) is 3.89. The minimum absolute atomic E-state index is 0.105. The van der Waals surface area contributed by atoms with E-state index >= 15 is 0 Å². The van der Waals surface area contributed by atoms with Gasteiger partial charge in [-0.25, -0.2) is 4.79 Å². The number of hydrogen-bond donors (Lipinski definition) is 2. The van der Waals surface area contributed by atoms with Gasteiger partial charge >= 0.3 is 5.97 Å². The molecule has 1 heterocycles. The predicted molar refractivity (Wildman–Crippen MR) is 83.3 cm³/mol. The van der Waals surface area contributed by atoms with Crippen molar-refractivity contribution in [2.75, 3.05) is 6.61 Å². The standard InChI is InChI=1S/C15H17Cl2NO4/c16-10-5-9(6-11(17)8-10)7-12(15(20)21)18-14(19)13-3-1-2-4-22-13/h5-6,8,12-13H,1-4,7H2,(H,18,19)(H,20,21). The van der Waals surface area contributed by atoms with E-state index in [0.717, 1.165) is 12.8 Å². The molecule has 1 saturated heterocycles. The lowest BCUT2D eigenvalue weighted by molar-refractivity contribution is -0.145. The summed E-state index contributed by atoms with van der Waals surface area (Å²) in [5.41, 5.74) is 0.648. The molecule has 0 saturated carbocycles. The molecule has 0 aliphatic carbocycles. The summed E-state index contributed by atoms with van der Waals surface area (Å²) in [7, 11) is 0. The predicted octanol–water partition coefficient (Wildman–Crippen LogP) is 2.67. The van der Waals surface area contributed by atoms with Crippen molar-refractivity contribution in [2.24, 2.45) is 0 Å². The number of nitrogens with one attached hydrogen (secondary N) is 1. The second-order valence-corrected chi connectivity index (χ2v) is 6.11. The maximum absolute atomic E-state index is 12.1. The van der Waals surface area contributed by atoms with Gasteiger partial charge in [0.1, 0.15) is 12.1 Å². The number of carboxylic acid groups (broad SMARTS) is 1. The van der Waals surface area contributed by atoms with Gasteiger partial charge < -0.3 is 15.2 Å². The van der Waals surface area contributed by atoms with Gasteiger partial charge in [0.05, 0.1) is 0 Å². The SMILES string of the molecule is O=C(O)C(Cc1cc(Cl)cc(Cl)c1)NC(=O)C1CCCCO1. The average Bonchev–Trinajstić information content (AvgIpc) is 2.46. The van der Waals surface area contributed by atoms with E-state index in [4.69, 9.17) is 27.9 Å². The Balaban J connectivity index is 2.03. The van der Waals surface area contributed by atoms with Gasteiger partial charge in [-0.1, -0.05) is 23.2 Å². The van der Waals surface area contributed by atoms with Crippen molar-refractivity contribution in [2.45, 2.75) is 37.8 Å². The first-order chi connectivity index (χ1) is 10.5. The molecule has 2 atom stereocenters. The van der Waals surface area contributed by atoms with E-state index in [-0.39, 0.29) is 12.3 Å². The number of amides is 1. The van der Waals surface area contributed by atoms with Gasteiger partial charge in [0.15, 0.2) is 0 Å². The van der Waals surface area contributed by atoms with Crippen molar-refractivity contribution in [3.63, 3.8) is 0 Å². The molecule has 0 spiro atoms. The molecule has 1 fully saturated rings. The fraction of sp³-hybridized carbons (Fsp3) is 0.467. The van der Waals surface area contributed by atoms with Crippen molar-refractivity contribution in [1.82, 2.24) is 5.32 Å². The third kappa shape index (κ3) is 4.87. The molecule has 2 rings (SSSR count). The molecule has 2 N–H and O–H groups in total. The molecule has 0 radical (unpaired) electrons. The Labute approximate surface area is 138 Å². The lowest BCUT2D eigenvalue weighted by Crippen LogP contribution is -2.48. The molecule has 5 nitrogen and oxygen atoms in total. The van der Waals surface area contributed by atoms with Crippen LogP contribution in [0.1, 0.15) is 24.8 Å². The minimum Gasteiger partial charge on any atom is -0.480 e. The first kappa shape index (κ1) is 17.1. The molecule has 1 aromatic carbocycles. The van der Waals surface area contributed by atoms with Crippen LogP contribution in [0, 0.1) is 0 Å². The Morgan fingerprint density at radius 3 is 2.50 bits per heavy atom. The van der Waals surface area contributed by atoms with Crippen molar-refractivity contribution >= 4 is 35.1 Å². The van der Waals surface area contributed by atoms with Gasteiger partial charge in [0, 0.05) is 23.1 Å². The van der Waals surface area contributed by atoms with Crippen LogP contribution in [0.4, 0.5) is 0 Å². The maximum atomic E-state index is 12.1. The zero-order valence-electron chi connectivity index (χ0n) is 11.9. The zero-order chi connectivity index (χ0) is 16.1. The summed E-state index contributed by atoms with van der Waals surface area (Å²) in [6.45, 7) is 0.528. The summed E-state index contributed by atoms with van der Waals surface area (Å²) in [6, 6.07) is 3.78. The van der Waals surface area contributed by atoms with E-state index in [1.165, 1.54) is 0 Å². The molecule has 120 valence electrons. The number of carbonyl (C=O) groups excluding carboxylic acids is 1. The normalized spacial score (nSPS) is 19.5. The largest absolute Gasteiger partial charge is 0.480 e. The molecule has 1 aliphatic rings. The van der Waals surface area contributed by atoms with Crippen molar-refractivity contribution in [3.05, 3.63) is 33.8 Å². The van der Waals surface area contributed by atoms with E-state index in [2.05, 4.69) is 5.32 Å². The Morgan fingerprint density at radius 1 is 1.27 bits per heavy atom. The molecular formula is C15H17Cl2NO4. The average molecular weight is 346 g/mol. The lowest BCUT2D eigenvalue weighted by Gasteiger charge is -2.24. The summed E-state index contributed by atoms with van der Waals surface area (Å²) in [4.78, 5) is 23.5. The maximum Gasteiger partial charge on any atom is 0.326 e. The molecule has 1 aromatic rings. The number of aliphatic carboxylic acids is 1. The Morgan fingerprint density at radius 2 is 1.95 bits per heavy atom. The number of hydrogen-bond acceptors (Lipinski definition) is 3. The smallest absolute Gasteiger partial charge is 0.326 e. The molecule has 1 amide bonds. The number of carboxylic acids is 1. The van der Waals surface area contributed by atoms with E-state index in [1.807, 2.05) is 0 Å². The minimum atomic E-state index is -1.11. The molecule has 0 bridgehead atoms. The number of benzene rings is 1. The fourth-order valence-electron chi connectivity index (χ4n) is 2.38. The van der Waals surface area contributed by atoms with E-state index < -0.39 is 18.1 Å². The zero-order valence-corrected chi connectivity index (χ0v) is 13.4. The first-order valence-electron chi connectivity index (χ1n) is 7.05. The second kappa shape index (κ2) is 7.81. The van der Waals surface area contributed by atoms with Gasteiger partial charge in [0.25, 0.3) is 0 Å². The Kier molecular flexibility index (Phi) is 6.06. The molecule has 0 aromatic heterocycles. The lowest BCUT2D eigenvalue weighted by atomic mass is 10.0. The van der Waals surface area contributed by atoms with Crippen LogP contribution in [-0.4, -0.2) is 35.7 Å². The van der Waals surface area contributed by atoms with E-state index in [0.29, 0.717) is 28.6 Å². The number of rotatable bonds is 5. The van der Waals surface area contributed by atoms with Crippen molar-refractivity contribution in [1.29, 1.82) is 0 Å². The van der Waals surface area contributed by atoms with Gasteiger partial charge in [-0.15, -0.1) is 0 Å². The molecule has 1 aliphatic heterocycles. The monoisotopic (exact) mass is 345 g/mol. The Hall–Kier alpha value is -1.30. The summed E-state index contributed by atoms with van der Waals surface area (Å²) < 4.78 is 5.36. The first-order valence-corrected chi connectivity index (χ1v) is 7.81. The molecular weight excluding hydrogens is 329 g/mol. The summed E-state index contributed by atoms with van der Waals surface area (Å²) in [6.07, 6.45) is 1.97. The van der Waals surface area contributed by atoms with Crippen LogP contribution in [-0.2, 0) is 20.7 Å². The number of ether oxygens (including phenoxy) is 1. The third-order valence-electron chi connectivity index (χ3n) is 3.45. The van der Waals surface area contributed by atoms with Crippen LogP contribution in [0.3, 0.4) is 0 Å². The highest BCUT2D eigenvalue weighted by atomic mass is 35.5. The van der Waals surface area contributed by atoms with Crippen LogP contribution in [0.25, 0.3) is 0 Å². The summed E-state index contributed by atoms with van der Waals surface area (Å²) >= 11 is 11.8. The van der Waals surface area contributed by atoms with E-state index in [1.54, 1.807) is 18.2 Å². The quantitative estimate of drug-likeness (QED) is 0.860. The highest BCUT2D eigenvalue weighted by Gasteiger charge is 2.27. The molecule has 7 heteroatoms. The van der Waals surface area contributed by atoms with Crippen LogP contribution in [0.2, 0.25) is 10.0 Å². The molecule has 2 unspecified atom stereocenters. The fourth-order valence-corrected chi connectivity index (χ4v) is 2.95. The van der Waals surface area contributed by atoms with Crippen LogP contribution >= 0.6 is 23.2 Å². The van der Waals surface area contributed by atoms with Crippen molar-refractivity contribution in [3.8, 4) is 0 Å². The Bertz CT molecular complexity index is 538. The van der Waals surface area contributed by atoms with Gasteiger partial charge in [0.2, 0.25) is 5.91 Å².